The van der Waals surface area contributed by atoms with E-state index < -0.39 is 11.9 Å². The van der Waals surface area contributed by atoms with Crippen LogP contribution in [-0.2, 0) is 14.3 Å². The molecule has 3 N–H and O–H groups in total. The van der Waals surface area contributed by atoms with Gasteiger partial charge in [-0.2, -0.15) is 0 Å². The Kier molecular flexibility index (Phi) is 7.62. The van der Waals surface area contributed by atoms with E-state index in [0.29, 0.717) is 42.5 Å². The molecular formula is C22H25ClN4O4. The predicted molar refractivity (Wildman–Crippen MR) is 118 cm³/mol. The van der Waals surface area contributed by atoms with Crippen LogP contribution >= 0.6 is 11.6 Å². The molecule has 0 bridgehead atoms. The molecule has 31 heavy (non-hydrogen) atoms. The molecule has 1 saturated heterocycles. The number of para-hydroxylation sites is 1. The number of methoxy groups -OCH3 is 1. The first-order valence-corrected chi connectivity index (χ1v) is 10.3. The van der Waals surface area contributed by atoms with Gasteiger partial charge in [0.2, 0.25) is 5.91 Å². The number of anilines is 1. The Labute approximate surface area is 185 Å². The SMILES string of the molecule is COC(=O)C(c1ccccc1Cl)N1CCN(CC(=O)Nc2ccccc2C(N)=O)CC1. The van der Waals surface area contributed by atoms with E-state index in [2.05, 4.69) is 5.32 Å². The molecule has 1 heterocycles. The molecule has 0 radical (unpaired) electrons. The second-order valence-corrected chi connectivity index (χ2v) is 7.62. The zero-order valence-electron chi connectivity index (χ0n) is 17.2. The summed E-state index contributed by atoms with van der Waals surface area (Å²) < 4.78 is 5.01. The van der Waals surface area contributed by atoms with E-state index in [0.717, 1.165) is 0 Å². The van der Waals surface area contributed by atoms with Gasteiger partial charge in [-0.1, -0.05) is 41.9 Å². The number of carbonyl (C=O) groups is 3. The van der Waals surface area contributed by atoms with Crippen LogP contribution in [0, 0.1) is 0 Å². The molecule has 1 unspecified atom stereocenters. The number of nitrogens with one attached hydrogen (secondary N) is 1. The highest BCUT2D eigenvalue weighted by Gasteiger charge is 2.32. The van der Waals surface area contributed by atoms with E-state index in [-0.39, 0.29) is 24.0 Å². The van der Waals surface area contributed by atoms with Gasteiger partial charge in [-0.15, -0.1) is 0 Å². The highest BCUT2D eigenvalue weighted by atomic mass is 35.5. The Balaban J connectivity index is 1.61. The molecule has 0 aliphatic carbocycles. The van der Waals surface area contributed by atoms with Crippen LogP contribution in [0.1, 0.15) is 22.0 Å². The third-order valence-corrected chi connectivity index (χ3v) is 5.57. The van der Waals surface area contributed by atoms with E-state index in [9.17, 15) is 14.4 Å². The fourth-order valence-electron chi connectivity index (χ4n) is 3.66. The second kappa shape index (κ2) is 10.4. The normalized spacial score (nSPS) is 15.8. The molecule has 3 rings (SSSR count). The fourth-order valence-corrected chi connectivity index (χ4v) is 3.90. The van der Waals surface area contributed by atoms with Gasteiger partial charge < -0.3 is 15.8 Å². The number of rotatable bonds is 7. The Hall–Kier alpha value is -2.94. The minimum absolute atomic E-state index is 0.163. The molecule has 0 aromatic heterocycles. The third kappa shape index (κ3) is 5.61. The largest absolute Gasteiger partial charge is 0.468 e. The lowest BCUT2D eigenvalue weighted by Crippen LogP contribution is -2.51. The van der Waals surface area contributed by atoms with Gasteiger partial charge in [0.05, 0.1) is 24.9 Å². The van der Waals surface area contributed by atoms with E-state index in [1.165, 1.54) is 7.11 Å². The smallest absolute Gasteiger partial charge is 0.327 e. The number of primary amides is 1. The summed E-state index contributed by atoms with van der Waals surface area (Å²) in [6, 6.07) is 13.2. The molecule has 1 atom stereocenters. The van der Waals surface area contributed by atoms with Crippen molar-refractivity contribution in [2.24, 2.45) is 5.73 Å². The van der Waals surface area contributed by atoms with E-state index in [4.69, 9.17) is 22.1 Å². The molecule has 9 heteroatoms. The molecule has 1 fully saturated rings. The van der Waals surface area contributed by atoms with Crippen LogP contribution in [-0.4, -0.2) is 67.4 Å². The van der Waals surface area contributed by atoms with Gasteiger partial charge in [0.1, 0.15) is 6.04 Å². The number of benzene rings is 2. The standard InChI is InChI=1S/C22H25ClN4O4/c1-31-22(30)20(15-6-2-4-8-17(15)23)27-12-10-26(11-13-27)14-19(28)25-18-9-5-3-7-16(18)21(24)29/h2-9,20H,10-14H2,1H3,(H2,24,29)(H,25,28). The number of amides is 2. The molecule has 0 spiro atoms. The van der Waals surface area contributed by atoms with Gasteiger partial charge in [0, 0.05) is 31.2 Å². The topological polar surface area (TPSA) is 105 Å². The summed E-state index contributed by atoms with van der Waals surface area (Å²) in [5, 5.41) is 3.25. The van der Waals surface area contributed by atoms with Crippen molar-refractivity contribution >= 4 is 35.1 Å². The Morgan fingerprint density at radius 2 is 1.71 bits per heavy atom. The summed E-state index contributed by atoms with van der Waals surface area (Å²) in [7, 11) is 1.36. The van der Waals surface area contributed by atoms with Gasteiger partial charge in [-0.25, -0.2) is 4.79 Å². The van der Waals surface area contributed by atoms with Crippen LogP contribution in [0.25, 0.3) is 0 Å². The van der Waals surface area contributed by atoms with Crippen molar-refractivity contribution in [3.05, 3.63) is 64.7 Å². The van der Waals surface area contributed by atoms with Crippen LogP contribution in [0.3, 0.4) is 0 Å². The molecule has 164 valence electrons. The minimum atomic E-state index is -0.600. The Bertz CT molecular complexity index is 960. The molecular weight excluding hydrogens is 420 g/mol. The number of piperazine rings is 1. The third-order valence-electron chi connectivity index (χ3n) is 5.23. The maximum atomic E-state index is 12.5. The van der Waals surface area contributed by atoms with Crippen LogP contribution in [0.4, 0.5) is 5.69 Å². The summed E-state index contributed by atoms with van der Waals surface area (Å²) >= 11 is 6.32. The average Bonchev–Trinajstić information content (AvgIpc) is 2.76. The van der Waals surface area contributed by atoms with Crippen LogP contribution in [0.15, 0.2) is 48.5 Å². The zero-order valence-corrected chi connectivity index (χ0v) is 18.0. The van der Waals surface area contributed by atoms with E-state index in [1.807, 2.05) is 28.0 Å². The maximum absolute atomic E-state index is 12.5. The lowest BCUT2D eigenvalue weighted by molar-refractivity contribution is -0.148. The number of esters is 1. The van der Waals surface area contributed by atoms with Crippen molar-refractivity contribution in [3.63, 3.8) is 0 Å². The van der Waals surface area contributed by atoms with Crippen molar-refractivity contribution in [3.8, 4) is 0 Å². The lowest BCUT2D eigenvalue weighted by atomic mass is 10.0. The van der Waals surface area contributed by atoms with Crippen molar-refractivity contribution in [2.45, 2.75) is 6.04 Å². The molecule has 1 aliphatic heterocycles. The number of nitrogens with zero attached hydrogens (tertiary/aromatic N) is 2. The Morgan fingerprint density at radius 3 is 2.35 bits per heavy atom. The molecule has 2 aromatic rings. The Morgan fingerprint density at radius 1 is 1.06 bits per heavy atom. The summed E-state index contributed by atoms with van der Waals surface area (Å²) in [4.78, 5) is 40.5. The number of carbonyl (C=O) groups excluding carboxylic acids is 3. The second-order valence-electron chi connectivity index (χ2n) is 7.22. The number of halogens is 1. The first kappa shape index (κ1) is 22.7. The van der Waals surface area contributed by atoms with Crippen LogP contribution < -0.4 is 11.1 Å². The first-order chi connectivity index (χ1) is 14.9. The summed E-state index contributed by atoms with van der Waals surface area (Å²) in [6.07, 6.45) is 0. The summed E-state index contributed by atoms with van der Waals surface area (Å²) in [5.74, 6) is -1.21. The highest BCUT2D eigenvalue weighted by Crippen LogP contribution is 2.29. The number of hydrogen-bond donors (Lipinski definition) is 2. The summed E-state index contributed by atoms with van der Waals surface area (Å²) in [5.41, 5.74) is 6.72. The van der Waals surface area contributed by atoms with Gasteiger partial charge in [-0.05, 0) is 23.8 Å². The van der Waals surface area contributed by atoms with E-state index >= 15 is 0 Å². The molecule has 0 saturated carbocycles. The van der Waals surface area contributed by atoms with Gasteiger partial charge >= 0.3 is 5.97 Å². The quantitative estimate of drug-likeness (QED) is 0.632. The highest BCUT2D eigenvalue weighted by molar-refractivity contribution is 6.31. The van der Waals surface area contributed by atoms with Crippen LogP contribution in [0.2, 0.25) is 5.02 Å². The van der Waals surface area contributed by atoms with E-state index in [1.54, 1.807) is 30.3 Å². The zero-order chi connectivity index (χ0) is 22.4. The van der Waals surface area contributed by atoms with Gasteiger partial charge in [-0.3, -0.25) is 19.4 Å². The van der Waals surface area contributed by atoms with Crippen LogP contribution in [0.5, 0.6) is 0 Å². The minimum Gasteiger partial charge on any atom is -0.468 e. The van der Waals surface area contributed by atoms with Crippen molar-refractivity contribution in [2.75, 3.05) is 45.2 Å². The maximum Gasteiger partial charge on any atom is 0.327 e. The van der Waals surface area contributed by atoms with Gasteiger partial charge in [0.25, 0.3) is 5.91 Å². The fraction of sp³-hybridized carbons (Fsp3) is 0.318. The van der Waals surface area contributed by atoms with Crippen molar-refractivity contribution in [1.82, 2.24) is 9.80 Å². The lowest BCUT2D eigenvalue weighted by Gasteiger charge is -2.38. The monoisotopic (exact) mass is 444 g/mol. The molecule has 8 nitrogen and oxygen atoms in total. The average molecular weight is 445 g/mol. The molecule has 1 aliphatic rings. The van der Waals surface area contributed by atoms with Gasteiger partial charge in [0.15, 0.2) is 0 Å². The molecule has 2 amide bonds. The van der Waals surface area contributed by atoms with Crippen molar-refractivity contribution in [1.29, 1.82) is 0 Å². The summed E-state index contributed by atoms with van der Waals surface area (Å²) in [6.45, 7) is 2.47. The first-order valence-electron chi connectivity index (χ1n) is 9.88. The number of ether oxygens (including phenoxy) is 1. The number of nitrogens with two attached hydrogens (primary N) is 1. The predicted octanol–water partition coefficient (Wildman–Crippen LogP) is 1.91. The molecule has 2 aromatic carbocycles. The van der Waals surface area contributed by atoms with Crippen molar-refractivity contribution < 1.29 is 19.1 Å². The number of hydrogen-bond acceptors (Lipinski definition) is 6.